The molecule has 6 heteroatoms. The number of aryl methyl sites for hydroxylation is 1. The molecular formula is C11H18N4O2. The lowest BCUT2D eigenvalue weighted by atomic mass is 10.1. The molecule has 0 N–H and O–H groups in total. The Morgan fingerprint density at radius 3 is 2.65 bits per heavy atom. The van der Waals surface area contributed by atoms with Crippen molar-refractivity contribution in [2.24, 2.45) is 0 Å². The summed E-state index contributed by atoms with van der Waals surface area (Å²) in [7, 11) is 2.10. The van der Waals surface area contributed by atoms with Gasteiger partial charge in [-0.3, -0.25) is 14.8 Å². The molecule has 6 nitrogen and oxygen atoms in total. The molecule has 0 spiro atoms. The van der Waals surface area contributed by atoms with Gasteiger partial charge in [-0.2, -0.15) is 5.10 Å². The van der Waals surface area contributed by atoms with Gasteiger partial charge in [-0.15, -0.1) is 0 Å². The molecule has 0 atom stereocenters. The zero-order valence-electron chi connectivity index (χ0n) is 10.3. The smallest absolute Gasteiger partial charge is 0.306 e. The van der Waals surface area contributed by atoms with Crippen molar-refractivity contribution in [3.05, 3.63) is 22.0 Å². The van der Waals surface area contributed by atoms with Crippen LogP contribution in [-0.4, -0.2) is 39.7 Å². The van der Waals surface area contributed by atoms with Gasteiger partial charge < -0.3 is 4.90 Å². The lowest BCUT2D eigenvalue weighted by molar-refractivity contribution is -0.385. The van der Waals surface area contributed by atoms with Gasteiger partial charge in [-0.05, 0) is 39.4 Å². The van der Waals surface area contributed by atoms with Crippen LogP contribution in [0.4, 0.5) is 5.69 Å². The number of nitro groups is 1. The molecule has 0 saturated carbocycles. The first-order valence-electron chi connectivity index (χ1n) is 6.02. The molecule has 1 aromatic heterocycles. The number of hydrogen-bond acceptors (Lipinski definition) is 4. The third kappa shape index (κ3) is 2.46. The van der Waals surface area contributed by atoms with Gasteiger partial charge in [0.05, 0.1) is 11.0 Å². The van der Waals surface area contributed by atoms with Crippen LogP contribution in [0.1, 0.15) is 31.5 Å². The normalized spacial score (nSPS) is 18.5. The molecule has 94 valence electrons. The van der Waals surface area contributed by atoms with Crippen LogP contribution in [0.15, 0.2) is 6.20 Å². The van der Waals surface area contributed by atoms with E-state index in [1.54, 1.807) is 10.9 Å². The van der Waals surface area contributed by atoms with Gasteiger partial charge in [0.1, 0.15) is 11.9 Å². The third-order valence-corrected chi connectivity index (χ3v) is 3.38. The van der Waals surface area contributed by atoms with Gasteiger partial charge in [-0.1, -0.05) is 6.92 Å². The van der Waals surface area contributed by atoms with Crippen molar-refractivity contribution in [3.8, 4) is 0 Å². The molecule has 1 aliphatic rings. The Labute approximate surface area is 100 Å². The highest BCUT2D eigenvalue weighted by Gasteiger charge is 2.24. The molecule has 0 bridgehead atoms. The zero-order valence-corrected chi connectivity index (χ0v) is 10.3. The quantitative estimate of drug-likeness (QED) is 0.593. The van der Waals surface area contributed by atoms with Crippen LogP contribution in [0.25, 0.3) is 0 Å². The third-order valence-electron chi connectivity index (χ3n) is 3.38. The lowest BCUT2D eigenvalue weighted by Gasteiger charge is -2.28. The molecule has 0 radical (unpaired) electrons. The molecular weight excluding hydrogens is 220 g/mol. The SMILES string of the molecule is CCc1nn(C2CCN(C)CC2)cc1[N+](=O)[O-]. The second-order valence-corrected chi connectivity index (χ2v) is 4.59. The van der Waals surface area contributed by atoms with Gasteiger partial charge >= 0.3 is 5.69 Å². The van der Waals surface area contributed by atoms with E-state index in [4.69, 9.17) is 0 Å². The standard InChI is InChI=1S/C11H18N4O2/c1-3-10-11(15(16)17)8-14(12-10)9-4-6-13(2)7-5-9/h8-9H,3-7H2,1-2H3. The second-order valence-electron chi connectivity index (χ2n) is 4.59. The van der Waals surface area contributed by atoms with Crippen molar-refractivity contribution in [3.63, 3.8) is 0 Å². The summed E-state index contributed by atoms with van der Waals surface area (Å²) in [6.45, 7) is 3.95. The van der Waals surface area contributed by atoms with Crippen molar-refractivity contribution < 1.29 is 4.92 Å². The number of hydrogen-bond donors (Lipinski definition) is 0. The van der Waals surface area contributed by atoms with Crippen molar-refractivity contribution in [2.45, 2.75) is 32.2 Å². The van der Waals surface area contributed by atoms with E-state index in [0.29, 0.717) is 18.2 Å². The Bertz CT molecular complexity index is 408. The largest absolute Gasteiger partial charge is 0.310 e. The molecule has 0 aliphatic carbocycles. The molecule has 1 aliphatic heterocycles. The summed E-state index contributed by atoms with van der Waals surface area (Å²) in [5.41, 5.74) is 0.750. The summed E-state index contributed by atoms with van der Waals surface area (Å²) >= 11 is 0. The Balaban J connectivity index is 2.19. The fourth-order valence-corrected chi connectivity index (χ4v) is 2.27. The van der Waals surface area contributed by atoms with Crippen LogP contribution in [-0.2, 0) is 6.42 Å². The maximum Gasteiger partial charge on any atom is 0.310 e. The maximum absolute atomic E-state index is 10.9. The van der Waals surface area contributed by atoms with Crippen molar-refractivity contribution >= 4 is 5.69 Å². The van der Waals surface area contributed by atoms with E-state index in [0.717, 1.165) is 25.9 Å². The Hall–Kier alpha value is -1.43. The molecule has 0 aromatic carbocycles. The average Bonchev–Trinajstić information content (AvgIpc) is 2.74. The number of aromatic nitrogens is 2. The molecule has 1 saturated heterocycles. The summed E-state index contributed by atoms with van der Waals surface area (Å²) in [4.78, 5) is 12.8. The van der Waals surface area contributed by atoms with Crippen LogP contribution in [0.2, 0.25) is 0 Å². The lowest BCUT2D eigenvalue weighted by Crippen LogP contribution is -2.31. The van der Waals surface area contributed by atoms with Gasteiger partial charge in [0.25, 0.3) is 0 Å². The molecule has 2 heterocycles. The predicted molar refractivity (Wildman–Crippen MR) is 64.0 cm³/mol. The van der Waals surface area contributed by atoms with Gasteiger partial charge in [0.15, 0.2) is 0 Å². The van der Waals surface area contributed by atoms with E-state index in [9.17, 15) is 10.1 Å². The predicted octanol–water partition coefficient (Wildman–Crippen LogP) is 1.62. The van der Waals surface area contributed by atoms with E-state index in [2.05, 4.69) is 17.0 Å². The van der Waals surface area contributed by atoms with E-state index >= 15 is 0 Å². The van der Waals surface area contributed by atoms with Crippen LogP contribution < -0.4 is 0 Å². The Morgan fingerprint density at radius 1 is 1.53 bits per heavy atom. The number of piperidine rings is 1. The van der Waals surface area contributed by atoms with E-state index < -0.39 is 0 Å². The zero-order chi connectivity index (χ0) is 12.4. The summed E-state index contributed by atoms with van der Waals surface area (Å²) in [6, 6.07) is 0.310. The van der Waals surface area contributed by atoms with Gasteiger partial charge in [0, 0.05) is 0 Å². The number of likely N-dealkylation sites (tertiary alicyclic amines) is 1. The monoisotopic (exact) mass is 238 g/mol. The highest BCUT2D eigenvalue weighted by molar-refractivity contribution is 5.32. The summed E-state index contributed by atoms with van der Waals surface area (Å²) in [5.74, 6) is 0. The van der Waals surface area contributed by atoms with Crippen molar-refractivity contribution in [1.29, 1.82) is 0 Å². The average molecular weight is 238 g/mol. The fourth-order valence-electron chi connectivity index (χ4n) is 2.27. The van der Waals surface area contributed by atoms with Crippen LogP contribution in [0.3, 0.4) is 0 Å². The highest BCUT2D eigenvalue weighted by atomic mass is 16.6. The van der Waals surface area contributed by atoms with Crippen LogP contribution in [0.5, 0.6) is 0 Å². The minimum Gasteiger partial charge on any atom is -0.306 e. The maximum atomic E-state index is 10.9. The van der Waals surface area contributed by atoms with Crippen molar-refractivity contribution in [1.82, 2.24) is 14.7 Å². The first-order valence-corrected chi connectivity index (χ1v) is 6.02. The molecule has 0 amide bonds. The van der Waals surface area contributed by atoms with E-state index in [1.165, 1.54) is 0 Å². The molecule has 17 heavy (non-hydrogen) atoms. The molecule has 2 rings (SSSR count). The van der Waals surface area contributed by atoms with Gasteiger partial charge in [-0.25, -0.2) is 0 Å². The first kappa shape index (κ1) is 12.0. The topological polar surface area (TPSA) is 64.2 Å². The van der Waals surface area contributed by atoms with Crippen LogP contribution in [0, 0.1) is 10.1 Å². The molecule has 1 fully saturated rings. The Morgan fingerprint density at radius 2 is 2.18 bits per heavy atom. The van der Waals surface area contributed by atoms with E-state index in [-0.39, 0.29) is 10.6 Å². The van der Waals surface area contributed by atoms with Gasteiger partial charge in [0.2, 0.25) is 0 Å². The summed E-state index contributed by atoms with van der Waals surface area (Å²) < 4.78 is 1.80. The summed E-state index contributed by atoms with van der Waals surface area (Å²) in [6.07, 6.45) is 4.22. The molecule has 0 unspecified atom stereocenters. The fraction of sp³-hybridized carbons (Fsp3) is 0.727. The van der Waals surface area contributed by atoms with E-state index in [1.807, 2.05) is 6.92 Å². The minimum absolute atomic E-state index is 0.159. The second kappa shape index (κ2) is 4.83. The number of rotatable bonds is 3. The van der Waals surface area contributed by atoms with Crippen LogP contribution >= 0.6 is 0 Å². The van der Waals surface area contributed by atoms with Crippen molar-refractivity contribution in [2.75, 3.05) is 20.1 Å². The number of nitrogens with zero attached hydrogens (tertiary/aromatic N) is 4. The minimum atomic E-state index is -0.336. The summed E-state index contributed by atoms with van der Waals surface area (Å²) in [5, 5.41) is 15.2. The Kier molecular flexibility index (Phi) is 3.42. The molecule has 1 aromatic rings. The highest BCUT2D eigenvalue weighted by Crippen LogP contribution is 2.25. The first-order chi connectivity index (χ1) is 8.11.